The van der Waals surface area contributed by atoms with Crippen molar-refractivity contribution in [2.45, 2.75) is 39.7 Å². The second-order valence-electron chi connectivity index (χ2n) is 5.20. The third-order valence-electron chi connectivity index (χ3n) is 3.25. The van der Waals surface area contributed by atoms with Crippen LogP contribution in [0.25, 0.3) is 0 Å². The molecule has 0 aromatic carbocycles. The van der Waals surface area contributed by atoms with Gasteiger partial charge in [0.1, 0.15) is 5.01 Å². The molecule has 0 amide bonds. The number of aromatic nitrogens is 1. The van der Waals surface area contributed by atoms with E-state index in [2.05, 4.69) is 4.98 Å². The summed E-state index contributed by atoms with van der Waals surface area (Å²) in [5.74, 6) is -0.369. The third kappa shape index (κ3) is 6.84. The number of nitrogens with zero attached hydrogens (tertiary/aromatic N) is 2. The van der Waals surface area contributed by atoms with Crippen LogP contribution in [-0.2, 0) is 26.0 Å². The largest absolute Gasteiger partial charge is 0.461 e. The number of hydrogen-bond donors (Lipinski definition) is 0. The summed E-state index contributed by atoms with van der Waals surface area (Å²) in [5, 5.41) is 2.18. The Balaban J connectivity index is 2.82. The van der Waals surface area contributed by atoms with Crippen molar-refractivity contribution in [3.05, 3.63) is 16.1 Å². The first kappa shape index (κ1) is 21.0. The van der Waals surface area contributed by atoms with Crippen molar-refractivity contribution in [2.75, 3.05) is 32.6 Å². The van der Waals surface area contributed by atoms with Crippen LogP contribution in [0.5, 0.6) is 0 Å². The van der Waals surface area contributed by atoms with E-state index in [1.54, 1.807) is 19.4 Å². The van der Waals surface area contributed by atoms with Gasteiger partial charge in [0.15, 0.2) is 5.69 Å². The smallest absolute Gasteiger partial charge is 0.357 e. The summed E-state index contributed by atoms with van der Waals surface area (Å²) in [7, 11) is -1.77. The molecule has 0 aliphatic heterocycles. The minimum atomic E-state index is -3.36. The molecule has 0 fully saturated rings. The standard InChI is InChI=1S/C15H26N2O5S2/c1-4-6-10-24(19,20)17(8-7-9-21-3)11-14-16-13(12-23-14)15(18)22-5-2/h12H,4-11H2,1-3H3. The lowest BCUT2D eigenvalue weighted by Crippen LogP contribution is -2.34. The highest BCUT2D eigenvalue weighted by molar-refractivity contribution is 7.89. The maximum Gasteiger partial charge on any atom is 0.357 e. The fraction of sp³-hybridized carbons (Fsp3) is 0.733. The van der Waals surface area contributed by atoms with Crippen molar-refractivity contribution >= 4 is 27.3 Å². The summed E-state index contributed by atoms with van der Waals surface area (Å²) in [6, 6.07) is 0. The number of sulfonamides is 1. The number of methoxy groups -OCH3 is 1. The molecule has 1 aromatic rings. The van der Waals surface area contributed by atoms with Crippen LogP contribution in [-0.4, -0.2) is 56.3 Å². The zero-order chi connectivity index (χ0) is 18.0. The summed E-state index contributed by atoms with van der Waals surface area (Å²) in [5.41, 5.74) is 0.222. The van der Waals surface area contributed by atoms with Gasteiger partial charge in [-0.1, -0.05) is 13.3 Å². The quantitative estimate of drug-likeness (QED) is 0.410. The van der Waals surface area contributed by atoms with Crippen molar-refractivity contribution in [3.8, 4) is 0 Å². The molecule has 0 saturated heterocycles. The predicted molar refractivity (Wildman–Crippen MR) is 93.7 cm³/mol. The van der Waals surface area contributed by atoms with E-state index in [0.717, 1.165) is 6.42 Å². The maximum absolute atomic E-state index is 12.5. The lowest BCUT2D eigenvalue weighted by Gasteiger charge is -2.21. The molecule has 0 atom stereocenters. The van der Waals surface area contributed by atoms with Crippen LogP contribution in [0.3, 0.4) is 0 Å². The number of rotatable bonds is 12. The number of hydrogen-bond acceptors (Lipinski definition) is 7. The zero-order valence-corrected chi connectivity index (χ0v) is 16.1. The fourth-order valence-corrected chi connectivity index (χ4v) is 4.49. The molecule has 0 radical (unpaired) electrons. The van der Waals surface area contributed by atoms with E-state index in [9.17, 15) is 13.2 Å². The number of unbranched alkanes of at least 4 members (excludes halogenated alkanes) is 1. The lowest BCUT2D eigenvalue weighted by atomic mass is 10.4. The molecular weight excluding hydrogens is 352 g/mol. The molecular formula is C15H26N2O5S2. The molecule has 24 heavy (non-hydrogen) atoms. The highest BCUT2D eigenvalue weighted by Gasteiger charge is 2.23. The van der Waals surface area contributed by atoms with Crippen LogP contribution >= 0.6 is 11.3 Å². The van der Waals surface area contributed by atoms with Gasteiger partial charge in [-0.2, -0.15) is 4.31 Å². The second kappa shape index (κ2) is 10.8. The van der Waals surface area contributed by atoms with Crippen LogP contribution in [0.15, 0.2) is 5.38 Å². The molecule has 0 spiro atoms. The van der Waals surface area contributed by atoms with Gasteiger partial charge in [0.2, 0.25) is 10.0 Å². The molecule has 1 rings (SSSR count). The van der Waals surface area contributed by atoms with Gasteiger partial charge in [0, 0.05) is 25.6 Å². The maximum atomic E-state index is 12.5. The summed E-state index contributed by atoms with van der Waals surface area (Å²) in [6.45, 7) is 4.99. The van der Waals surface area contributed by atoms with Gasteiger partial charge in [-0.15, -0.1) is 11.3 Å². The van der Waals surface area contributed by atoms with Crippen molar-refractivity contribution < 1.29 is 22.7 Å². The van der Waals surface area contributed by atoms with Gasteiger partial charge in [0.25, 0.3) is 0 Å². The SMILES string of the molecule is CCCCS(=O)(=O)N(CCCOC)Cc1nc(C(=O)OCC)cs1. The normalized spacial score (nSPS) is 11.8. The number of carbonyl (C=O) groups excluding carboxylic acids is 1. The third-order valence-corrected chi connectivity index (χ3v) is 5.99. The minimum Gasteiger partial charge on any atom is -0.461 e. The molecule has 0 saturated carbocycles. The molecule has 0 aliphatic carbocycles. The Hall–Kier alpha value is -1.03. The number of ether oxygens (including phenoxy) is 2. The van der Waals surface area contributed by atoms with E-state index in [1.165, 1.54) is 15.6 Å². The predicted octanol–water partition coefficient (Wildman–Crippen LogP) is 2.29. The van der Waals surface area contributed by atoms with Crippen LogP contribution in [0.1, 0.15) is 48.6 Å². The Bertz CT molecular complexity index is 601. The fourth-order valence-electron chi connectivity index (χ4n) is 1.99. The number of carbonyl (C=O) groups is 1. The first-order chi connectivity index (χ1) is 11.4. The van der Waals surface area contributed by atoms with E-state index in [0.29, 0.717) is 31.0 Å². The summed E-state index contributed by atoms with van der Waals surface area (Å²) in [4.78, 5) is 15.9. The van der Waals surface area contributed by atoms with Gasteiger partial charge >= 0.3 is 5.97 Å². The summed E-state index contributed by atoms with van der Waals surface area (Å²) >= 11 is 1.26. The average Bonchev–Trinajstić information content (AvgIpc) is 3.01. The van der Waals surface area contributed by atoms with E-state index in [1.807, 2.05) is 6.92 Å². The van der Waals surface area contributed by atoms with Crippen LogP contribution in [0.4, 0.5) is 0 Å². The van der Waals surface area contributed by atoms with Gasteiger partial charge in [-0.25, -0.2) is 18.2 Å². The Morgan fingerprint density at radius 2 is 2.08 bits per heavy atom. The topological polar surface area (TPSA) is 85.8 Å². The average molecular weight is 379 g/mol. The summed E-state index contributed by atoms with van der Waals surface area (Å²) in [6.07, 6.45) is 2.04. The molecule has 0 N–H and O–H groups in total. The Labute approximate surface area is 148 Å². The van der Waals surface area contributed by atoms with E-state index < -0.39 is 16.0 Å². The molecule has 0 aliphatic rings. The van der Waals surface area contributed by atoms with Crippen molar-refractivity contribution in [1.82, 2.24) is 9.29 Å². The molecule has 138 valence electrons. The molecule has 7 nitrogen and oxygen atoms in total. The van der Waals surface area contributed by atoms with E-state index >= 15 is 0 Å². The lowest BCUT2D eigenvalue weighted by molar-refractivity contribution is 0.0520. The molecule has 9 heteroatoms. The second-order valence-corrected chi connectivity index (χ2v) is 8.23. The van der Waals surface area contributed by atoms with Gasteiger partial charge in [-0.3, -0.25) is 0 Å². The highest BCUT2D eigenvalue weighted by atomic mass is 32.2. The van der Waals surface area contributed by atoms with Crippen molar-refractivity contribution in [1.29, 1.82) is 0 Å². The monoisotopic (exact) mass is 378 g/mol. The Kier molecular flexibility index (Phi) is 9.42. The van der Waals surface area contributed by atoms with Crippen molar-refractivity contribution in [2.24, 2.45) is 0 Å². The first-order valence-electron chi connectivity index (χ1n) is 8.02. The van der Waals surface area contributed by atoms with Gasteiger partial charge in [-0.05, 0) is 19.8 Å². The highest BCUT2D eigenvalue weighted by Crippen LogP contribution is 2.17. The minimum absolute atomic E-state index is 0.118. The summed E-state index contributed by atoms with van der Waals surface area (Å²) < 4.78 is 36.3. The first-order valence-corrected chi connectivity index (χ1v) is 10.5. The van der Waals surface area contributed by atoms with E-state index in [4.69, 9.17) is 9.47 Å². The van der Waals surface area contributed by atoms with Crippen molar-refractivity contribution in [3.63, 3.8) is 0 Å². The Morgan fingerprint density at radius 3 is 2.71 bits per heavy atom. The number of thiazole rings is 1. The van der Waals surface area contributed by atoms with Gasteiger partial charge in [0.05, 0.1) is 18.9 Å². The van der Waals surface area contributed by atoms with Crippen LogP contribution in [0.2, 0.25) is 0 Å². The molecule has 0 unspecified atom stereocenters. The Morgan fingerprint density at radius 1 is 1.33 bits per heavy atom. The van der Waals surface area contributed by atoms with Crippen LogP contribution < -0.4 is 0 Å². The van der Waals surface area contributed by atoms with Gasteiger partial charge < -0.3 is 9.47 Å². The molecule has 1 aromatic heterocycles. The van der Waals surface area contributed by atoms with Crippen LogP contribution in [0, 0.1) is 0 Å². The molecule has 1 heterocycles. The zero-order valence-electron chi connectivity index (χ0n) is 14.5. The molecule has 0 bridgehead atoms. The van der Waals surface area contributed by atoms with E-state index in [-0.39, 0.29) is 24.6 Å². The number of esters is 1.